The molecule has 2 aliphatic rings. The van der Waals surface area contributed by atoms with Crippen LogP contribution in [0.1, 0.15) is 66.5 Å². The maximum Gasteiger partial charge on any atom is 0.191 e. The Morgan fingerprint density at radius 2 is 1.75 bits per heavy atom. The van der Waals surface area contributed by atoms with Gasteiger partial charge in [-0.05, 0) is 73.3 Å². The van der Waals surface area contributed by atoms with Crippen LogP contribution in [-0.4, -0.2) is 32.3 Å². The Bertz CT molecular complexity index is 888. The van der Waals surface area contributed by atoms with Gasteiger partial charge in [0.1, 0.15) is 0 Å². The number of nitrogens with zero attached hydrogens (tertiary/aromatic N) is 1. The second-order valence-electron chi connectivity index (χ2n) is 8.97. The molecule has 2 aromatic carbocycles. The van der Waals surface area contributed by atoms with E-state index in [9.17, 15) is 0 Å². The van der Waals surface area contributed by atoms with Gasteiger partial charge in [-0.25, -0.2) is 0 Å². The molecule has 2 N–H and O–H groups in total. The number of rotatable bonds is 7. The highest BCUT2D eigenvalue weighted by atomic mass is 16.5. The number of hydrogen-bond acceptors (Lipinski definition) is 3. The van der Waals surface area contributed by atoms with Gasteiger partial charge in [0.25, 0.3) is 0 Å². The largest absolute Gasteiger partial charge is 0.381 e. The van der Waals surface area contributed by atoms with Crippen molar-refractivity contribution in [3.8, 4) is 0 Å². The second-order valence-corrected chi connectivity index (χ2v) is 8.97. The predicted molar refractivity (Wildman–Crippen MR) is 130 cm³/mol. The molecule has 1 saturated heterocycles. The van der Waals surface area contributed by atoms with E-state index in [2.05, 4.69) is 65.0 Å². The van der Waals surface area contributed by atoms with Crippen LogP contribution in [0.2, 0.25) is 0 Å². The van der Waals surface area contributed by atoms with Crippen LogP contribution in [-0.2, 0) is 35.5 Å². The first-order valence-corrected chi connectivity index (χ1v) is 12.1. The zero-order valence-electron chi connectivity index (χ0n) is 19.5. The van der Waals surface area contributed by atoms with Crippen LogP contribution in [0, 0.1) is 0 Å². The fourth-order valence-corrected chi connectivity index (χ4v) is 4.50. The van der Waals surface area contributed by atoms with Gasteiger partial charge in [-0.2, -0.15) is 0 Å². The molecule has 1 heterocycles. The standard InChI is InChI=1S/C27H37N3O2/c1-20(24-12-11-23-5-3-4-6-25(23)17-24)30-27(28-2)29-18-21-7-9-22(10-8-21)19-32-26-13-15-31-16-14-26/h7-12,17,20,26H,3-6,13-16,18-19H2,1-2H3,(H2,28,29,30). The number of aryl methyl sites for hydroxylation is 2. The van der Waals surface area contributed by atoms with Gasteiger partial charge in [-0.3, -0.25) is 4.99 Å². The highest BCUT2D eigenvalue weighted by Gasteiger charge is 2.15. The maximum absolute atomic E-state index is 6.02. The van der Waals surface area contributed by atoms with Gasteiger partial charge in [0.15, 0.2) is 5.96 Å². The molecule has 1 fully saturated rings. The molecule has 0 amide bonds. The Labute approximate surface area is 192 Å². The lowest BCUT2D eigenvalue weighted by molar-refractivity contribution is -0.0390. The van der Waals surface area contributed by atoms with E-state index >= 15 is 0 Å². The first-order chi connectivity index (χ1) is 15.7. The Hall–Kier alpha value is -2.37. The minimum Gasteiger partial charge on any atom is -0.381 e. The molecule has 172 valence electrons. The van der Waals surface area contributed by atoms with Crippen molar-refractivity contribution in [3.05, 3.63) is 70.3 Å². The topological polar surface area (TPSA) is 54.9 Å². The van der Waals surface area contributed by atoms with Crippen LogP contribution < -0.4 is 10.6 Å². The number of fused-ring (bicyclic) bond motifs is 1. The van der Waals surface area contributed by atoms with E-state index < -0.39 is 0 Å². The van der Waals surface area contributed by atoms with Crippen molar-refractivity contribution < 1.29 is 9.47 Å². The Morgan fingerprint density at radius 1 is 1.03 bits per heavy atom. The monoisotopic (exact) mass is 435 g/mol. The van der Waals surface area contributed by atoms with Gasteiger partial charge in [-0.1, -0.05) is 42.5 Å². The fraction of sp³-hybridized carbons (Fsp3) is 0.519. The molecule has 1 unspecified atom stereocenters. The van der Waals surface area contributed by atoms with Crippen molar-refractivity contribution in [2.45, 2.75) is 70.7 Å². The number of ether oxygens (including phenoxy) is 2. The van der Waals surface area contributed by atoms with Crippen LogP contribution in [0.15, 0.2) is 47.5 Å². The molecular weight excluding hydrogens is 398 g/mol. The van der Waals surface area contributed by atoms with E-state index in [0.29, 0.717) is 12.7 Å². The SMILES string of the molecule is CN=C(NCc1ccc(COC2CCOCC2)cc1)NC(C)c1ccc2c(c1)CCCC2. The quantitative estimate of drug-likeness (QED) is 0.489. The molecule has 0 radical (unpaired) electrons. The summed E-state index contributed by atoms with van der Waals surface area (Å²) in [7, 11) is 1.83. The summed E-state index contributed by atoms with van der Waals surface area (Å²) >= 11 is 0. The number of hydrogen-bond donors (Lipinski definition) is 2. The van der Waals surface area contributed by atoms with Crippen molar-refractivity contribution in [3.63, 3.8) is 0 Å². The van der Waals surface area contributed by atoms with Crippen molar-refractivity contribution in [2.24, 2.45) is 4.99 Å². The van der Waals surface area contributed by atoms with Crippen molar-refractivity contribution in [1.29, 1.82) is 0 Å². The third-order valence-corrected chi connectivity index (χ3v) is 6.59. The van der Waals surface area contributed by atoms with E-state index in [1.807, 2.05) is 7.05 Å². The molecule has 2 aromatic rings. The van der Waals surface area contributed by atoms with Crippen molar-refractivity contribution in [1.82, 2.24) is 10.6 Å². The van der Waals surface area contributed by atoms with Crippen LogP contribution >= 0.6 is 0 Å². The summed E-state index contributed by atoms with van der Waals surface area (Å²) < 4.78 is 11.4. The zero-order chi connectivity index (χ0) is 22.2. The van der Waals surface area contributed by atoms with Crippen LogP contribution in [0.5, 0.6) is 0 Å². The molecule has 5 heteroatoms. The number of nitrogens with one attached hydrogen (secondary N) is 2. The summed E-state index contributed by atoms with van der Waals surface area (Å²) in [6, 6.07) is 15.8. The summed E-state index contributed by atoms with van der Waals surface area (Å²) in [6.07, 6.45) is 7.38. The highest BCUT2D eigenvalue weighted by molar-refractivity contribution is 5.80. The summed E-state index contributed by atoms with van der Waals surface area (Å²) in [5, 5.41) is 6.98. The van der Waals surface area contributed by atoms with Gasteiger partial charge in [0, 0.05) is 26.8 Å². The van der Waals surface area contributed by atoms with Crippen LogP contribution in [0.4, 0.5) is 0 Å². The Morgan fingerprint density at radius 3 is 2.50 bits per heavy atom. The summed E-state index contributed by atoms with van der Waals surface area (Å²) in [5.74, 6) is 0.821. The summed E-state index contributed by atoms with van der Waals surface area (Å²) in [5.41, 5.74) is 6.80. The fourth-order valence-electron chi connectivity index (χ4n) is 4.50. The average molecular weight is 436 g/mol. The molecule has 5 nitrogen and oxygen atoms in total. The number of benzene rings is 2. The zero-order valence-corrected chi connectivity index (χ0v) is 19.5. The van der Waals surface area contributed by atoms with Crippen molar-refractivity contribution >= 4 is 5.96 Å². The molecule has 0 aromatic heterocycles. The minimum absolute atomic E-state index is 0.207. The van der Waals surface area contributed by atoms with E-state index in [-0.39, 0.29) is 6.04 Å². The number of aliphatic imine (C=N–C) groups is 1. The lowest BCUT2D eigenvalue weighted by atomic mass is 9.89. The molecule has 0 bridgehead atoms. The summed E-state index contributed by atoms with van der Waals surface area (Å²) in [4.78, 5) is 4.42. The van der Waals surface area contributed by atoms with Gasteiger partial charge in [-0.15, -0.1) is 0 Å². The lowest BCUT2D eigenvalue weighted by Gasteiger charge is -2.22. The Kier molecular flexibility index (Phi) is 8.18. The normalized spacial score (nSPS) is 18.1. The van der Waals surface area contributed by atoms with Gasteiger partial charge >= 0.3 is 0 Å². The van der Waals surface area contributed by atoms with Crippen LogP contribution in [0.3, 0.4) is 0 Å². The molecule has 1 aliphatic carbocycles. The number of guanidine groups is 1. The predicted octanol–water partition coefficient (Wildman–Crippen LogP) is 4.69. The third kappa shape index (κ3) is 6.33. The molecule has 4 rings (SSSR count). The molecule has 32 heavy (non-hydrogen) atoms. The van der Waals surface area contributed by atoms with E-state index in [0.717, 1.165) is 38.6 Å². The third-order valence-electron chi connectivity index (χ3n) is 6.59. The first-order valence-electron chi connectivity index (χ1n) is 12.1. The maximum atomic E-state index is 6.02. The van der Waals surface area contributed by atoms with Crippen molar-refractivity contribution in [2.75, 3.05) is 20.3 Å². The van der Waals surface area contributed by atoms with Gasteiger partial charge in [0.2, 0.25) is 0 Å². The van der Waals surface area contributed by atoms with E-state index in [4.69, 9.17) is 9.47 Å². The second kappa shape index (κ2) is 11.5. The average Bonchev–Trinajstić information content (AvgIpc) is 2.86. The Balaban J connectivity index is 1.25. The van der Waals surface area contributed by atoms with Crippen LogP contribution in [0.25, 0.3) is 0 Å². The summed E-state index contributed by atoms with van der Waals surface area (Å²) in [6.45, 7) is 5.23. The van der Waals surface area contributed by atoms with E-state index in [1.165, 1.54) is 53.5 Å². The molecule has 1 atom stereocenters. The molecular formula is C27H37N3O2. The van der Waals surface area contributed by atoms with Gasteiger partial charge in [0.05, 0.1) is 18.8 Å². The first kappa shape index (κ1) is 22.8. The molecule has 0 saturated carbocycles. The van der Waals surface area contributed by atoms with Gasteiger partial charge < -0.3 is 20.1 Å². The smallest absolute Gasteiger partial charge is 0.191 e. The van der Waals surface area contributed by atoms with E-state index in [1.54, 1.807) is 0 Å². The highest BCUT2D eigenvalue weighted by Crippen LogP contribution is 2.24. The molecule has 0 spiro atoms. The minimum atomic E-state index is 0.207. The molecule has 1 aliphatic heterocycles. The lowest BCUT2D eigenvalue weighted by Crippen LogP contribution is -2.38.